The van der Waals surface area contributed by atoms with Gasteiger partial charge in [-0.05, 0) is 12.8 Å². The maximum atomic E-state index is 12.0. The summed E-state index contributed by atoms with van der Waals surface area (Å²) in [6.07, 6.45) is 4.17. The summed E-state index contributed by atoms with van der Waals surface area (Å²) in [5, 5.41) is 12.6. The fraction of sp³-hybridized carbons (Fsp3) is 0.571. The Balaban J connectivity index is 2.02. The summed E-state index contributed by atoms with van der Waals surface area (Å²) in [7, 11) is 1.61. The third-order valence-electron chi connectivity index (χ3n) is 3.60. The van der Waals surface area contributed by atoms with Gasteiger partial charge in [0, 0.05) is 32.7 Å². The molecule has 1 aromatic rings. The number of rotatable bonds is 5. The molecule has 0 N–H and O–H groups in total. The van der Waals surface area contributed by atoms with Crippen molar-refractivity contribution in [1.82, 2.24) is 14.7 Å². The van der Waals surface area contributed by atoms with E-state index in [1.165, 1.54) is 11.0 Å². The number of amides is 1. The fourth-order valence-electron chi connectivity index (χ4n) is 2.28. The van der Waals surface area contributed by atoms with Gasteiger partial charge >= 0.3 is 0 Å². The summed E-state index contributed by atoms with van der Waals surface area (Å²) < 4.78 is 1.16. The van der Waals surface area contributed by atoms with Gasteiger partial charge in [-0.25, -0.2) is 4.68 Å². The molecule has 0 atom stereocenters. The van der Waals surface area contributed by atoms with Crippen LogP contribution in [0.2, 0.25) is 0 Å². The van der Waals surface area contributed by atoms with Gasteiger partial charge in [-0.3, -0.25) is 9.59 Å². The predicted octanol–water partition coefficient (Wildman–Crippen LogP) is 0.216. The number of anilines is 1. The van der Waals surface area contributed by atoms with Crippen LogP contribution in [0.5, 0.6) is 0 Å². The van der Waals surface area contributed by atoms with Crippen molar-refractivity contribution in [3.63, 3.8) is 0 Å². The highest BCUT2D eigenvalue weighted by Crippen LogP contribution is 2.16. The first kappa shape index (κ1) is 15.0. The topological polar surface area (TPSA) is 82.2 Å². The summed E-state index contributed by atoms with van der Waals surface area (Å²) in [5.74, 6) is -0.228. The van der Waals surface area contributed by atoms with Gasteiger partial charge in [0.1, 0.15) is 6.54 Å². The Hall–Kier alpha value is -2.36. The Morgan fingerprint density at radius 2 is 2.19 bits per heavy atom. The second-order valence-electron chi connectivity index (χ2n) is 5.13. The van der Waals surface area contributed by atoms with Crippen LogP contribution in [0, 0.1) is 11.3 Å². The van der Waals surface area contributed by atoms with Crippen molar-refractivity contribution in [3.05, 3.63) is 22.6 Å². The molecule has 1 aromatic heterocycles. The molecule has 0 unspecified atom stereocenters. The number of nitrogens with zero attached hydrogens (tertiary/aromatic N) is 5. The normalized spacial score (nSPS) is 14.0. The number of likely N-dealkylation sites (N-methyl/N-ethyl adjacent to an activating group) is 1. The zero-order valence-electron chi connectivity index (χ0n) is 12.2. The zero-order chi connectivity index (χ0) is 15.2. The molecule has 1 aliphatic rings. The van der Waals surface area contributed by atoms with Crippen molar-refractivity contribution in [2.45, 2.75) is 25.8 Å². The van der Waals surface area contributed by atoms with Gasteiger partial charge in [0.15, 0.2) is 0 Å². The molecule has 21 heavy (non-hydrogen) atoms. The van der Waals surface area contributed by atoms with Crippen molar-refractivity contribution >= 4 is 11.6 Å². The quantitative estimate of drug-likeness (QED) is 0.774. The van der Waals surface area contributed by atoms with E-state index in [1.54, 1.807) is 13.2 Å². The molecular formula is C14H19N5O2. The number of carbonyl (C=O) groups excluding carboxylic acids is 1. The molecule has 1 aliphatic heterocycles. The van der Waals surface area contributed by atoms with Crippen LogP contribution in [-0.2, 0) is 11.3 Å². The molecule has 7 heteroatoms. The van der Waals surface area contributed by atoms with Crippen molar-refractivity contribution in [1.29, 1.82) is 5.26 Å². The van der Waals surface area contributed by atoms with E-state index in [-0.39, 0.29) is 24.4 Å². The number of hydrogen-bond acceptors (Lipinski definition) is 5. The van der Waals surface area contributed by atoms with Crippen LogP contribution in [-0.4, -0.2) is 47.3 Å². The smallest absolute Gasteiger partial charge is 0.269 e. The van der Waals surface area contributed by atoms with E-state index in [0.29, 0.717) is 6.54 Å². The predicted molar refractivity (Wildman–Crippen MR) is 77.8 cm³/mol. The van der Waals surface area contributed by atoms with Crippen LogP contribution >= 0.6 is 0 Å². The number of nitriles is 1. The van der Waals surface area contributed by atoms with Gasteiger partial charge in [-0.1, -0.05) is 0 Å². The lowest BCUT2D eigenvalue weighted by Gasteiger charge is -2.18. The summed E-state index contributed by atoms with van der Waals surface area (Å²) >= 11 is 0. The molecule has 1 fully saturated rings. The van der Waals surface area contributed by atoms with E-state index < -0.39 is 0 Å². The lowest BCUT2D eigenvalue weighted by molar-refractivity contribution is -0.130. The standard InChI is InChI=1S/C14H19N5O2/c1-17(6-4-5-15)14(21)11-19-13(20)9-12(10-16-19)18-7-2-3-8-18/h9-10H,2-4,6-8,11H2,1H3. The van der Waals surface area contributed by atoms with Gasteiger partial charge in [0.05, 0.1) is 24.4 Å². The van der Waals surface area contributed by atoms with Crippen LogP contribution in [0.4, 0.5) is 5.69 Å². The molecular weight excluding hydrogens is 270 g/mol. The molecule has 0 radical (unpaired) electrons. The first-order valence-corrected chi connectivity index (χ1v) is 7.05. The molecule has 7 nitrogen and oxygen atoms in total. The molecule has 0 aliphatic carbocycles. The van der Waals surface area contributed by atoms with Gasteiger partial charge in [-0.15, -0.1) is 0 Å². The lowest BCUT2D eigenvalue weighted by atomic mass is 10.4. The third-order valence-corrected chi connectivity index (χ3v) is 3.60. The van der Waals surface area contributed by atoms with Crippen molar-refractivity contribution in [2.75, 3.05) is 31.6 Å². The molecule has 1 amide bonds. The Labute approximate surface area is 123 Å². The van der Waals surface area contributed by atoms with Gasteiger partial charge < -0.3 is 9.80 Å². The van der Waals surface area contributed by atoms with Gasteiger partial charge in [0.2, 0.25) is 5.91 Å². The third kappa shape index (κ3) is 3.81. The zero-order valence-corrected chi connectivity index (χ0v) is 12.2. The molecule has 0 saturated carbocycles. The van der Waals surface area contributed by atoms with E-state index >= 15 is 0 Å². The highest BCUT2D eigenvalue weighted by atomic mass is 16.2. The molecule has 0 aromatic carbocycles. The highest BCUT2D eigenvalue weighted by Gasteiger charge is 2.15. The van der Waals surface area contributed by atoms with Crippen LogP contribution in [0.1, 0.15) is 19.3 Å². The highest BCUT2D eigenvalue weighted by molar-refractivity contribution is 5.75. The maximum Gasteiger partial charge on any atom is 0.269 e. The first-order chi connectivity index (χ1) is 10.1. The minimum atomic E-state index is -0.276. The molecule has 2 heterocycles. The Morgan fingerprint density at radius 1 is 1.48 bits per heavy atom. The lowest BCUT2D eigenvalue weighted by Crippen LogP contribution is -2.35. The SMILES string of the molecule is CN(CCC#N)C(=O)Cn1ncc(N2CCCC2)cc1=O. The molecule has 112 valence electrons. The Bertz CT molecular complexity index is 598. The van der Waals surface area contributed by atoms with Crippen LogP contribution in [0.15, 0.2) is 17.1 Å². The monoisotopic (exact) mass is 289 g/mol. The number of hydrogen-bond donors (Lipinski definition) is 0. The second-order valence-corrected chi connectivity index (χ2v) is 5.13. The second kappa shape index (κ2) is 6.88. The van der Waals surface area contributed by atoms with Crippen LogP contribution in [0.25, 0.3) is 0 Å². The summed E-state index contributed by atoms with van der Waals surface area (Å²) in [4.78, 5) is 27.5. The first-order valence-electron chi connectivity index (χ1n) is 7.05. The largest absolute Gasteiger partial charge is 0.370 e. The number of aromatic nitrogens is 2. The minimum Gasteiger partial charge on any atom is -0.370 e. The fourth-order valence-corrected chi connectivity index (χ4v) is 2.28. The van der Waals surface area contributed by atoms with Crippen molar-refractivity contribution in [2.24, 2.45) is 0 Å². The van der Waals surface area contributed by atoms with E-state index in [0.717, 1.165) is 36.3 Å². The van der Waals surface area contributed by atoms with Crippen LogP contribution < -0.4 is 10.5 Å². The number of carbonyl (C=O) groups is 1. The Morgan fingerprint density at radius 3 is 2.81 bits per heavy atom. The minimum absolute atomic E-state index is 0.0962. The van der Waals surface area contributed by atoms with E-state index in [9.17, 15) is 9.59 Å². The molecule has 0 bridgehead atoms. The van der Waals surface area contributed by atoms with Gasteiger partial charge in [0.25, 0.3) is 5.56 Å². The average molecular weight is 289 g/mol. The molecule has 1 saturated heterocycles. The average Bonchev–Trinajstić information content (AvgIpc) is 3.00. The van der Waals surface area contributed by atoms with E-state index in [4.69, 9.17) is 5.26 Å². The maximum absolute atomic E-state index is 12.0. The van der Waals surface area contributed by atoms with E-state index in [2.05, 4.69) is 10.00 Å². The van der Waals surface area contributed by atoms with Crippen LogP contribution in [0.3, 0.4) is 0 Å². The summed E-state index contributed by atoms with van der Waals surface area (Å²) in [6.45, 7) is 2.15. The van der Waals surface area contributed by atoms with Crippen molar-refractivity contribution in [3.8, 4) is 6.07 Å². The van der Waals surface area contributed by atoms with Gasteiger partial charge in [-0.2, -0.15) is 10.4 Å². The Kier molecular flexibility index (Phi) is 4.93. The summed E-state index contributed by atoms with van der Waals surface area (Å²) in [6, 6.07) is 3.51. The summed E-state index contributed by atoms with van der Waals surface area (Å²) in [5.41, 5.74) is 0.542. The van der Waals surface area contributed by atoms with E-state index in [1.807, 2.05) is 6.07 Å². The molecule has 0 spiro atoms. The molecule has 2 rings (SSSR count). The van der Waals surface area contributed by atoms with Crippen molar-refractivity contribution < 1.29 is 4.79 Å².